The van der Waals surface area contributed by atoms with Crippen molar-refractivity contribution in [3.63, 3.8) is 0 Å². The summed E-state index contributed by atoms with van der Waals surface area (Å²) in [6, 6.07) is 21.7. The molecule has 0 bridgehead atoms. The molecule has 0 radical (unpaired) electrons. The lowest BCUT2D eigenvalue weighted by Gasteiger charge is -2.32. The molecule has 2 amide bonds. The van der Waals surface area contributed by atoms with Gasteiger partial charge >= 0.3 is 0 Å². The second-order valence-electron chi connectivity index (χ2n) is 7.84. The molecule has 0 spiro atoms. The zero-order valence-electron chi connectivity index (χ0n) is 17.0. The number of carbonyl (C=O) groups excluding carboxylic acids is 2. The van der Waals surface area contributed by atoms with Crippen LogP contribution in [0.15, 0.2) is 71.2 Å². The van der Waals surface area contributed by atoms with Crippen LogP contribution < -0.4 is 5.32 Å². The first kappa shape index (κ1) is 20.6. The van der Waals surface area contributed by atoms with Crippen molar-refractivity contribution in [1.82, 2.24) is 10.2 Å². The molecule has 1 saturated heterocycles. The lowest BCUT2D eigenvalue weighted by Crippen LogP contribution is -2.43. The van der Waals surface area contributed by atoms with Crippen molar-refractivity contribution < 1.29 is 9.59 Å². The quantitative estimate of drug-likeness (QED) is 0.566. The fourth-order valence-electron chi connectivity index (χ4n) is 4.16. The number of piperidine rings is 1. The van der Waals surface area contributed by atoms with Crippen LogP contribution in [0, 0.1) is 5.92 Å². The van der Waals surface area contributed by atoms with Gasteiger partial charge in [0.05, 0.1) is 6.04 Å². The van der Waals surface area contributed by atoms with E-state index in [1.807, 2.05) is 78.6 Å². The average molecular weight is 465 g/mol. The maximum absolute atomic E-state index is 13.1. The van der Waals surface area contributed by atoms with Crippen molar-refractivity contribution in [3.05, 3.63) is 82.3 Å². The second kappa shape index (κ2) is 9.00. The summed E-state index contributed by atoms with van der Waals surface area (Å²) in [6.07, 6.45) is 1.37. The van der Waals surface area contributed by atoms with E-state index in [4.69, 9.17) is 0 Å². The molecule has 1 heterocycles. The van der Waals surface area contributed by atoms with Crippen LogP contribution in [-0.2, 0) is 4.79 Å². The minimum Gasteiger partial charge on any atom is -0.349 e. The Morgan fingerprint density at radius 3 is 2.40 bits per heavy atom. The Kier molecular flexibility index (Phi) is 6.18. The molecular weight excluding hydrogens is 440 g/mol. The van der Waals surface area contributed by atoms with Gasteiger partial charge in [0.25, 0.3) is 5.91 Å². The standard InChI is InChI=1S/C25H25BrN2O2/c1-17(20-9-4-5-12-23(20)26)27-24(29)19-13-15-28(16-14-19)25(30)22-11-6-8-18-7-2-3-10-21(18)22/h2-12,17,19H,13-16H2,1H3,(H,27,29)/t17-/m0/s1. The van der Waals surface area contributed by atoms with Crippen LogP contribution in [0.25, 0.3) is 10.8 Å². The molecule has 4 rings (SSSR count). The molecule has 1 aliphatic rings. The minimum atomic E-state index is -0.0663. The van der Waals surface area contributed by atoms with Crippen molar-refractivity contribution in [2.24, 2.45) is 5.92 Å². The highest BCUT2D eigenvalue weighted by atomic mass is 79.9. The summed E-state index contributed by atoms with van der Waals surface area (Å²) in [5.41, 5.74) is 1.80. The molecule has 3 aromatic rings. The van der Waals surface area contributed by atoms with E-state index in [9.17, 15) is 9.59 Å². The summed E-state index contributed by atoms with van der Waals surface area (Å²) in [6.45, 7) is 3.20. The van der Waals surface area contributed by atoms with Gasteiger partial charge in [-0.15, -0.1) is 0 Å². The van der Waals surface area contributed by atoms with Crippen LogP contribution >= 0.6 is 15.9 Å². The maximum atomic E-state index is 13.1. The Morgan fingerprint density at radius 1 is 0.967 bits per heavy atom. The predicted molar refractivity (Wildman–Crippen MR) is 123 cm³/mol. The van der Waals surface area contributed by atoms with Gasteiger partial charge < -0.3 is 10.2 Å². The third kappa shape index (κ3) is 4.26. The molecule has 5 heteroatoms. The van der Waals surface area contributed by atoms with Crippen molar-refractivity contribution in [3.8, 4) is 0 Å². The van der Waals surface area contributed by atoms with E-state index >= 15 is 0 Å². The van der Waals surface area contributed by atoms with E-state index in [2.05, 4.69) is 21.2 Å². The number of likely N-dealkylation sites (tertiary alicyclic amines) is 1. The Morgan fingerprint density at radius 2 is 1.63 bits per heavy atom. The van der Waals surface area contributed by atoms with E-state index in [1.165, 1.54) is 0 Å². The van der Waals surface area contributed by atoms with Gasteiger partial charge in [-0.3, -0.25) is 9.59 Å². The molecule has 30 heavy (non-hydrogen) atoms. The first-order valence-corrected chi connectivity index (χ1v) is 11.2. The van der Waals surface area contributed by atoms with Gasteiger partial charge in [-0.25, -0.2) is 0 Å². The molecule has 0 aromatic heterocycles. The Balaban J connectivity index is 1.38. The molecule has 0 aliphatic carbocycles. The number of carbonyl (C=O) groups is 2. The number of hydrogen-bond acceptors (Lipinski definition) is 2. The van der Waals surface area contributed by atoms with Gasteiger partial charge in [0.15, 0.2) is 0 Å². The van der Waals surface area contributed by atoms with Crippen molar-refractivity contribution in [1.29, 1.82) is 0 Å². The zero-order chi connectivity index (χ0) is 21.1. The molecule has 1 atom stereocenters. The van der Waals surface area contributed by atoms with Crippen LogP contribution in [-0.4, -0.2) is 29.8 Å². The lowest BCUT2D eigenvalue weighted by molar-refractivity contribution is -0.127. The van der Waals surface area contributed by atoms with Crippen LogP contribution in [0.2, 0.25) is 0 Å². The first-order valence-electron chi connectivity index (χ1n) is 10.4. The van der Waals surface area contributed by atoms with Gasteiger partial charge in [0.2, 0.25) is 5.91 Å². The summed E-state index contributed by atoms with van der Waals surface area (Å²) in [4.78, 5) is 27.8. The normalized spacial score (nSPS) is 15.7. The number of halogens is 1. The highest BCUT2D eigenvalue weighted by Gasteiger charge is 2.29. The van der Waals surface area contributed by atoms with Crippen molar-refractivity contribution in [2.45, 2.75) is 25.8 Å². The van der Waals surface area contributed by atoms with Gasteiger partial charge in [-0.05, 0) is 48.2 Å². The Hall–Kier alpha value is -2.66. The van der Waals surface area contributed by atoms with Crippen molar-refractivity contribution >= 4 is 38.5 Å². The van der Waals surface area contributed by atoms with E-state index in [0.29, 0.717) is 25.9 Å². The summed E-state index contributed by atoms with van der Waals surface area (Å²) in [5, 5.41) is 5.18. The molecule has 154 valence electrons. The van der Waals surface area contributed by atoms with Crippen LogP contribution in [0.4, 0.5) is 0 Å². The molecule has 1 aliphatic heterocycles. The number of fused-ring (bicyclic) bond motifs is 1. The summed E-state index contributed by atoms with van der Waals surface area (Å²) in [5.74, 6) is 0.0502. The largest absolute Gasteiger partial charge is 0.349 e. The number of nitrogens with zero attached hydrogens (tertiary/aromatic N) is 1. The van der Waals surface area contributed by atoms with E-state index in [-0.39, 0.29) is 23.8 Å². The van der Waals surface area contributed by atoms with E-state index < -0.39 is 0 Å². The molecule has 1 N–H and O–H groups in total. The second-order valence-corrected chi connectivity index (χ2v) is 8.70. The Labute approximate surface area is 185 Å². The summed E-state index contributed by atoms with van der Waals surface area (Å²) < 4.78 is 0.994. The number of hydrogen-bond donors (Lipinski definition) is 1. The molecule has 4 nitrogen and oxygen atoms in total. The SMILES string of the molecule is C[C@H](NC(=O)C1CCN(C(=O)c2cccc3ccccc23)CC1)c1ccccc1Br. The molecule has 3 aromatic carbocycles. The van der Waals surface area contributed by atoms with Crippen molar-refractivity contribution in [2.75, 3.05) is 13.1 Å². The van der Waals surface area contributed by atoms with Gasteiger partial charge in [-0.1, -0.05) is 70.5 Å². The number of benzene rings is 3. The fourth-order valence-corrected chi connectivity index (χ4v) is 4.79. The highest BCUT2D eigenvalue weighted by molar-refractivity contribution is 9.10. The third-order valence-corrected chi connectivity index (χ3v) is 6.63. The predicted octanol–water partition coefficient (Wildman–Crippen LogP) is 5.33. The molecular formula is C25H25BrN2O2. The zero-order valence-corrected chi connectivity index (χ0v) is 18.6. The highest BCUT2D eigenvalue weighted by Crippen LogP contribution is 2.26. The summed E-state index contributed by atoms with van der Waals surface area (Å²) >= 11 is 3.55. The first-order chi connectivity index (χ1) is 14.5. The molecule has 0 saturated carbocycles. The van der Waals surface area contributed by atoms with Crippen LogP contribution in [0.3, 0.4) is 0 Å². The van der Waals surface area contributed by atoms with E-state index in [1.54, 1.807) is 0 Å². The molecule has 0 unspecified atom stereocenters. The smallest absolute Gasteiger partial charge is 0.254 e. The van der Waals surface area contributed by atoms with E-state index in [0.717, 1.165) is 26.4 Å². The van der Waals surface area contributed by atoms with Gasteiger partial charge in [-0.2, -0.15) is 0 Å². The molecule has 1 fully saturated rings. The van der Waals surface area contributed by atoms with Crippen LogP contribution in [0.5, 0.6) is 0 Å². The van der Waals surface area contributed by atoms with Gasteiger partial charge in [0.1, 0.15) is 0 Å². The lowest BCUT2D eigenvalue weighted by atomic mass is 9.94. The minimum absolute atomic E-state index is 0.0484. The topological polar surface area (TPSA) is 49.4 Å². The monoisotopic (exact) mass is 464 g/mol. The van der Waals surface area contributed by atoms with Crippen LogP contribution in [0.1, 0.15) is 41.7 Å². The average Bonchev–Trinajstić information content (AvgIpc) is 2.78. The fraction of sp³-hybridized carbons (Fsp3) is 0.280. The summed E-state index contributed by atoms with van der Waals surface area (Å²) in [7, 11) is 0. The maximum Gasteiger partial charge on any atom is 0.254 e. The number of rotatable bonds is 4. The van der Waals surface area contributed by atoms with Gasteiger partial charge in [0, 0.05) is 29.0 Å². The number of amides is 2. The Bertz CT molecular complexity index is 1070. The number of nitrogens with one attached hydrogen (secondary N) is 1. The third-order valence-electron chi connectivity index (χ3n) is 5.90.